The van der Waals surface area contributed by atoms with Gasteiger partial charge in [0.2, 0.25) is 0 Å². The van der Waals surface area contributed by atoms with Gasteiger partial charge in [0.15, 0.2) is 0 Å². The van der Waals surface area contributed by atoms with Gasteiger partial charge in [-0.05, 0) is 42.5 Å². The third-order valence-corrected chi connectivity index (χ3v) is 3.15. The fourth-order valence-corrected chi connectivity index (χ4v) is 2.03. The number of aromatic hydroxyl groups is 1. The number of amides is 1. The fraction of sp³-hybridized carbons (Fsp3) is 0.0625. The van der Waals surface area contributed by atoms with Crippen LogP contribution in [-0.2, 0) is 0 Å². The molecule has 3 N–H and O–H groups in total. The number of anilines is 1. The summed E-state index contributed by atoms with van der Waals surface area (Å²) >= 11 is 3.26. The molecule has 0 radical (unpaired) electrons. The topological polar surface area (TPSA) is 69.6 Å². The van der Waals surface area contributed by atoms with Crippen LogP contribution < -0.4 is 5.32 Å². The molecule has 5 heteroatoms. The van der Waals surface area contributed by atoms with Gasteiger partial charge in [0.1, 0.15) is 12.4 Å². The number of benzene rings is 2. The third kappa shape index (κ3) is 4.09. The second-order valence-corrected chi connectivity index (χ2v) is 5.07. The quantitative estimate of drug-likeness (QED) is 0.733. The molecule has 2 aromatic carbocycles. The van der Waals surface area contributed by atoms with Crippen molar-refractivity contribution in [1.82, 2.24) is 0 Å². The van der Waals surface area contributed by atoms with Crippen molar-refractivity contribution in [1.29, 1.82) is 0 Å². The molecule has 2 aromatic rings. The van der Waals surface area contributed by atoms with E-state index in [-0.39, 0.29) is 17.9 Å². The molecular weight excluding hydrogens is 334 g/mol. The summed E-state index contributed by atoms with van der Waals surface area (Å²) in [5.41, 5.74) is 1.52. The van der Waals surface area contributed by atoms with E-state index in [4.69, 9.17) is 5.11 Å². The Morgan fingerprint density at radius 1 is 1.19 bits per heavy atom. The smallest absolute Gasteiger partial charge is 0.259 e. The van der Waals surface area contributed by atoms with Crippen LogP contribution in [0.2, 0.25) is 0 Å². The first kappa shape index (κ1) is 15.1. The van der Waals surface area contributed by atoms with Crippen molar-refractivity contribution in [2.45, 2.75) is 0 Å². The van der Waals surface area contributed by atoms with E-state index in [9.17, 15) is 9.90 Å². The van der Waals surface area contributed by atoms with Crippen LogP contribution in [0.3, 0.4) is 0 Å². The van der Waals surface area contributed by atoms with Gasteiger partial charge in [-0.1, -0.05) is 27.8 Å². The summed E-state index contributed by atoms with van der Waals surface area (Å²) in [6, 6.07) is 11.5. The number of aliphatic hydroxyl groups is 1. The summed E-state index contributed by atoms with van der Waals surface area (Å²) in [4.78, 5) is 12.1. The molecule has 0 aliphatic heterocycles. The van der Waals surface area contributed by atoms with Crippen molar-refractivity contribution in [2.24, 2.45) is 0 Å². The summed E-state index contributed by atoms with van der Waals surface area (Å²) in [5.74, 6) is 4.83. The van der Waals surface area contributed by atoms with E-state index in [1.165, 1.54) is 6.07 Å². The molecule has 0 atom stereocenters. The zero-order valence-corrected chi connectivity index (χ0v) is 12.5. The number of rotatable bonds is 2. The van der Waals surface area contributed by atoms with Gasteiger partial charge in [-0.3, -0.25) is 4.79 Å². The van der Waals surface area contributed by atoms with E-state index < -0.39 is 5.91 Å². The van der Waals surface area contributed by atoms with Crippen LogP contribution in [0.5, 0.6) is 5.75 Å². The van der Waals surface area contributed by atoms with Gasteiger partial charge in [0.25, 0.3) is 5.91 Å². The van der Waals surface area contributed by atoms with E-state index in [0.717, 1.165) is 5.56 Å². The minimum Gasteiger partial charge on any atom is -0.507 e. The molecular formula is C16H12BrNO3. The van der Waals surface area contributed by atoms with Gasteiger partial charge >= 0.3 is 0 Å². The molecule has 0 aromatic heterocycles. The van der Waals surface area contributed by atoms with E-state index in [1.54, 1.807) is 36.4 Å². The molecule has 0 saturated carbocycles. The van der Waals surface area contributed by atoms with Gasteiger partial charge in [-0.15, -0.1) is 0 Å². The van der Waals surface area contributed by atoms with Crippen LogP contribution in [0.4, 0.5) is 5.69 Å². The first-order chi connectivity index (χ1) is 10.1. The summed E-state index contributed by atoms with van der Waals surface area (Å²) in [6.07, 6.45) is 0. The monoisotopic (exact) mass is 345 g/mol. The van der Waals surface area contributed by atoms with E-state index >= 15 is 0 Å². The maximum absolute atomic E-state index is 12.1. The minimum atomic E-state index is -0.400. The molecule has 4 nitrogen and oxygen atoms in total. The van der Waals surface area contributed by atoms with Crippen molar-refractivity contribution in [3.63, 3.8) is 0 Å². The average molecular weight is 346 g/mol. The van der Waals surface area contributed by atoms with Crippen LogP contribution in [0.15, 0.2) is 46.9 Å². The van der Waals surface area contributed by atoms with E-state index in [1.807, 2.05) is 0 Å². The Morgan fingerprint density at radius 3 is 2.57 bits per heavy atom. The standard InChI is InChI=1S/C16H12BrNO3/c17-12-5-8-15(20)14(10-12)16(21)18-13-6-3-11(4-7-13)2-1-9-19/h3-8,10,19-20H,9H2,(H,18,21). The zero-order valence-electron chi connectivity index (χ0n) is 10.9. The number of hydrogen-bond acceptors (Lipinski definition) is 3. The number of halogens is 1. The minimum absolute atomic E-state index is 0.0823. The van der Waals surface area contributed by atoms with Gasteiger partial charge < -0.3 is 15.5 Å². The molecule has 0 spiro atoms. The highest BCUT2D eigenvalue weighted by Crippen LogP contribution is 2.23. The Bertz CT molecular complexity index is 715. The molecule has 1 amide bonds. The van der Waals surface area contributed by atoms with Crippen LogP contribution in [0.25, 0.3) is 0 Å². The lowest BCUT2D eigenvalue weighted by Gasteiger charge is -2.07. The maximum Gasteiger partial charge on any atom is 0.259 e. The van der Waals surface area contributed by atoms with E-state index in [0.29, 0.717) is 10.2 Å². The number of aliphatic hydroxyl groups excluding tert-OH is 1. The van der Waals surface area contributed by atoms with Gasteiger partial charge in [0, 0.05) is 15.7 Å². The van der Waals surface area contributed by atoms with E-state index in [2.05, 4.69) is 33.1 Å². The lowest BCUT2D eigenvalue weighted by Crippen LogP contribution is -2.12. The highest BCUT2D eigenvalue weighted by atomic mass is 79.9. The highest BCUT2D eigenvalue weighted by molar-refractivity contribution is 9.10. The molecule has 0 saturated heterocycles. The Morgan fingerprint density at radius 2 is 1.90 bits per heavy atom. The number of phenolic OH excluding ortho intramolecular Hbond substituents is 1. The van der Waals surface area contributed by atoms with Crippen molar-refractivity contribution in [3.05, 3.63) is 58.1 Å². The SMILES string of the molecule is O=C(Nc1ccc(C#CCO)cc1)c1cc(Br)ccc1O. The Balaban J connectivity index is 2.14. The number of nitrogens with one attached hydrogen (secondary N) is 1. The second kappa shape index (κ2) is 6.93. The Kier molecular flexibility index (Phi) is 4.99. The lowest BCUT2D eigenvalue weighted by atomic mass is 10.1. The van der Waals surface area contributed by atoms with Gasteiger partial charge in [-0.25, -0.2) is 0 Å². The van der Waals surface area contributed by atoms with Crippen molar-refractivity contribution >= 4 is 27.5 Å². The number of hydrogen-bond donors (Lipinski definition) is 3. The summed E-state index contributed by atoms with van der Waals surface area (Å²) in [5, 5.41) is 21.0. The predicted molar refractivity (Wildman–Crippen MR) is 84.2 cm³/mol. The predicted octanol–water partition coefficient (Wildman–Crippen LogP) is 2.75. The largest absolute Gasteiger partial charge is 0.507 e. The summed E-state index contributed by atoms with van der Waals surface area (Å²) in [7, 11) is 0. The van der Waals surface area contributed by atoms with Crippen molar-refractivity contribution in [3.8, 4) is 17.6 Å². The van der Waals surface area contributed by atoms with Gasteiger partial charge in [0.05, 0.1) is 5.56 Å². The van der Waals surface area contributed by atoms with Crippen LogP contribution in [-0.4, -0.2) is 22.7 Å². The fourth-order valence-electron chi connectivity index (χ4n) is 1.67. The molecule has 0 aliphatic rings. The third-order valence-electron chi connectivity index (χ3n) is 2.66. The van der Waals surface area contributed by atoms with Gasteiger partial charge in [-0.2, -0.15) is 0 Å². The normalized spacial score (nSPS) is 9.62. The summed E-state index contributed by atoms with van der Waals surface area (Å²) in [6.45, 7) is -0.194. The molecule has 106 valence electrons. The Labute approximate surface area is 130 Å². The summed E-state index contributed by atoms with van der Waals surface area (Å²) < 4.78 is 0.708. The Hall–Kier alpha value is -2.29. The van der Waals surface area contributed by atoms with Crippen molar-refractivity contribution < 1.29 is 15.0 Å². The van der Waals surface area contributed by atoms with Crippen molar-refractivity contribution in [2.75, 3.05) is 11.9 Å². The highest BCUT2D eigenvalue weighted by Gasteiger charge is 2.11. The number of phenols is 1. The molecule has 0 heterocycles. The molecule has 0 bridgehead atoms. The lowest BCUT2D eigenvalue weighted by molar-refractivity contribution is 0.102. The molecule has 0 fully saturated rings. The average Bonchev–Trinajstić information content (AvgIpc) is 2.49. The molecule has 0 unspecified atom stereocenters. The number of carbonyl (C=O) groups is 1. The van der Waals surface area contributed by atoms with Crippen LogP contribution in [0, 0.1) is 11.8 Å². The molecule has 0 aliphatic carbocycles. The zero-order chi connectivity index (χ0) is 15.2. The van der Waals surface area contributed by atoms with Crippen LogP contribution in [0.1, 0.15) is 15.9 Å². The maximum atomic E-state index is 12.1. The first-order valence-corrected chi connectivity index (χ1v) is 6.89. The second-order valence-electron chi connectivity index (χ2n) is 4.15. The van der Waals surface area contributed by atoms with Crippen LogP contribution >= 0.6 is 15.9 Å². The molecule has 21 heavy (non-hydrogen) atoms. The molecule has 2 rings (SSSR count). The number of carbonyl (C=O) groups excluding carboxylic acids is 1. The first-order valence-electron chi connectivity index (χ1n) is 6.10.